The summed E-state index contributed by atoms with van der Waals surface area (Å²) in [6.07, 6.45) is -0.472. The number of carboxylic acid groups (broad SMARTS) is 2. The van der Waals surface area contributed by atoms with Gasteiger partial charge in [0, 0.05) is 24.0 Å². The number of aliphatic carboxylic acids is 2. The van der Waals surface area contributed by atoms with Gasteiger partial charge in [-0.1, -0.05) is 12.1 Å². The third-order valence-electron chi connectivity index (χ3n) is 5.55. The third kappa shape index (κ3) is 4.14. The average Bonchev–Trinajstić information content (AvgIpc) is 3.19. The average molecular weight is 470 g/mol. The lowest BCUT2D eigenvalue weighted by Crippen LogP contribution is -2.54. The number of aliphatic hydroxyl groups excluding tert-OH is 1. The summed E-state index contributed by atoms with van der Waals surface area (Å²) in [6, 6.07) is 10.3. The van der Waals surface area contributed by atoms with Gasteiger partial charge in [0.1, 0.15) is 5.75 Å². The first-order valence-electron chi connectivity index (χ1n) is 10.3. The molecule has 1 aliphatic heterocycles. The highest BCUT2D eigenvalue weighted by atomic mass is 16.8. The van der Waals surface area contributed by atoms with Gasteiger partial charge in [-0.3, -0.25) is 4.79 Å². The van der Waals surface area contributed by atoms with Crippen molar-refractivity contribution < 1.29 is 39.5 Å². The molecule has 11 heteroatoms. The number of aliphatic hydroxyl groups is 1. The molecule has 0 amide bonds. The van der Waals surface area contributed by atoms with Gasteiger partial charge in [0.15, 0.2) is 11.5 Å². The molecule has 6 N–H and O–H groups in total. The monoisotopic (exact) mass is 470 g/mol. The minimum Gasteiger partial charge on any atom is -0.506 e. The molecule has 0 fully saturated rings. The van der Waals surface area contributed by atoms with Gasteiger partial charge in [-0.15, -0.1) is 0 Å². The van der Waals surface area contributed by atoms with Crippen molar-refractivity contribution in [3.8, 4) is 17.2 Å². The summed E-state index contributed by atoms with van der Waals surface area (Å²) in [7, 11) is 0. The second kappa shape index (κ2) is 8.69. The molecule has 0 bridgehead atoms. The van der Waals surface area contributed by atoms with E-state index in [2.05, 4.69) is 10.3 Å². The number of hydrogen-bond acceptors (Lipinski definition) is 8. The number of phenolic OH excluding ortho intramolecular Hbond substituents is 1. The van der Waals surface area contributed by atoms with Crippen molar-refractivity contribution in [3.05, 3.63) is 63.9 Å². The van der Waals surface area contributed by atoms with Crippen molar-refractivity contribution in [2.75, 3.05) is 6.54 Å². The standard InChI is InChI=1S/C23H22N2O9/c1-11(8-12-2-6-17-18(9-12)34-23(33-17,21(29)30)22(31)32)24-10-16(27)13-3-5-15(26)20-14(13)4-7-19(28)25-20/h2-7,9,11,16,24,26-27H,8,10H2,1H3,(H,25,28)(H,29,30)(H,31,32)/t11-,16+/m1/s1. The minimum absolute atomic E-state index is 0.0130. The summed E-state index contributed by atoms with van der Waals surface area (Å²) in [5.74, 6) is -6.42. The predicted molar refractivity (Wildman–Crippen MR) is 118 cm³/mol. The summed E-state index contributed by atoms with van der Waals surface area (Å²) in [6.45, 7) is 2.05. The first kappa shape index (κ1) is 23.1. The third-order valence-corrected chi connectivity index (χ3v) is 5.55. The Morgan fingerprint density at radius 3 is 2.47 bits per heavy atom. The Kier molecular flexibility index (Phi) is 5.90. The second-order valence-corrected chi connectivity index (χ2v) is 8.03. The van der Waals surface area contributed by atoms with E-state index in [0.29, 0.717) is 17.4 Å². The number of H-pyrrole nitrogens is 1. The maximum absolute atomic E-state index is 11.6. The van der Waals surface area contributed by atoms with E-state index in [-0.39, 0.29) is 40.9 Å². The van der Waals surface area contributed by atoms with Gasteiger partial charge in [-0.05, 0) is 48.7 Å². The number of fused-ring (bicyclic) bond motifs is 2. The molecular formula is C23H22N2O9. The Hall–Kier alpha value is -4.09. The molecule has 2 atom stereocenters. The van der Waals surface area contributed by atoms with Gasteiger partial charge < -0.3 is 40.2 Å². The number of ether oxygens (including phenoxy) is 2. The Bertz CT molecular complexity index is 1320. The molecule has 1 aromatic heterocycles. The van der Waals surface area contributed by atoms with Crippen molar-refractivity contribution in [3.63, 3.8) is 0 Å². The number of nitrogens with one attached hydrogen (secondary N) is 2. The zero-order chi connectivity index (χ0) is 24.6. The number of phenols is 1. The van der Waals surface area contributed by atoms with Crippen molar-refractivity contribution in [1.82, 2.24) is 10.3 Å². The summed E-state index contributed by atoms with van der Waals surface area (Å²) >= 11 is 0. The van der Waals surface area contributed by atoms with Gasteiger partial charge in [-0.2, -0.15) is 0 Å². The largest absolute Gasteiger partial charge is 0.506 e. The Morgan fingerprint density at radius 1 is 1.06 bits per heavy atom. The number of pyridine rings is 1. The highest BCUT2D eigenvalue weighted by Crippen LogP contribution is 2.40. The number of benzene rings is 2. The zero-order valence-electron chi connectivity index (χ0n) is 17.9. The lowest BCUT2D eigenvalue weighted by molar-refractivity contribution is -0.194. The number of carbonyl (C=O) groups is 2. The lowest BCUT2D eigenvalue weighted by atomic mass is 10.0. The molecule has 2 aromatic carbocycles. The van der Waals surface area contributed by atoms with Gasteiger partial charge in [-0.25, -0.2) is 9.59 Å². The number of rotatable bonds is 8. The van der Waals surface area contributed by atoms with E-state index < -0.39 is 23.8 Å². The molecule has 3 aromatic rings. The number of hydrogen-bond donors (Lipinski definition) is 6. The van der Waals surface area contributed by atoms with Gasteiger partial charge in [0.05, 0.1) is 11.6 Å². The molecule has 2 heterocycles. The highest BCUT2D eigenvalue weighted by molar-refractivity contribution is 6.01. The maximum atomic E-state index is 11.6. The van der Waals surface area contributed by atoms with Gasteiger partial charge >= 0.3 is 17.7 Å². The van der Waals surface area contributed by atoms with Crippen LogP contribution < -0.4 is 20.3 Å². The van der Waals surface area contributed by atoms with Crippen LogP contribution >= 0.6 is 0 Å². The molecule has 0 saturated heterocycles. The van der Waals surface area contributed by atoms with Crippen LogP contribution in [0.25, 0.3) is 10.9 Å². The number of carboxylic acids is 2. The molecule has 0 radical (unpaired) electrons. The van der Waals surface area contributed by atoms with Crippen LogP contribution in [-0.2, 0) is 16.0 Å². The molecule has 1 aliphatic rings. The van der Waals surface area contributed by atoms with E-state index in [4.69, 9.17) is 9.47 Å². The normalized spacial score (nSPS) is 15.7. The minimum atomic E-state index is -2.81. The van der Waals surface area contributed by atoms with Crippen molar-refractivity contribution >= 4 is 22.8 Å². The first-order valence-corrected chi connectivity index (χ1v) is 10.3. The van der Waals surface area contributed by atoms with E-state index in [1.807, 2.05) is 6.92 Å². The predicted octanol–water partition coefficient (Wildman–Crippen LogP) is 1.12. The first-order chi connectivity index (χ1) is 16.1. The molecule has 11 nitrogen and oxygen atoms in total. The van der Waals surface area contributed by atoms with Crippen LogP contribution in [0.4, 0.5) is 0 Å². The lowest BCUT2D eigenvalue weighted by Gasteiger charge is -2.19. The van der Waals surface area contributed by atoms with Crippen molar-refractivity contribution in [2.24, 2.45) is 0 Å². The molecule has 4 rings (SSSR count). The number of aromatic hydroxyl groups is 1. The topological polar surface area (TPSA) is 178 Å². The fourth-order valence-corrected chi connectivity index (χ4v) is 3.84. The van der Waals surface area contributed by atoms with Crippen LogP contribution in [0.1, 0.15) is 24.2 Å². The molecule has 0 spiro atoms. The van der Waals surface area contributed by atoms with Crippen molar-refractivity contribution in [1.29, 1.82) is 0 Å². The molecular weight excluding hydrogens is 448 g/mol. The molecule has 34 heavy (non-hydrogen) atoms. The van der Waals surface area contributed by atoms with E-state index in [1.165, 1.54) is 30.3 Å². The van der Waals surface area contributed by atoms with E-state index in [1.54, 1.807) is 12.1 Å². The maximum Gasteiger partial charge on any atom is 0.453 e. The highest BCUT2D eigenvalue weighted by Gasteiger charge is 2.57. The van der Waals surface area contributed by atoms with Crippen LogP contribution in [0.2, 0.25) is 0 Å². The molecule has 0 aliphatic carbocycles. The fraction of sp³-hybridized carbons (Fsp3) is 0.261. The van der Waals surface area contributed by atoms with E-state index in [0.717, 1.165) is 5.56 Å². The molecule has 178 valence electrons. The summed E-state index contributed by atoms with van der Waals surface area (Å²) < 4.78 is 10.2. The van der Waals surface area contributed by atoms with Gasteiger partial charge in [0.25, 0.3) is 0 Å². The summed E-state index contributed by atoms with van der Waals surface area (Å²) in [5.41, 5.74) is 1.15. The fourth-order valence-electron chi connectivity index (χ4n) is 3.84. The van der Waals surface area contributed by atoms with Crippen LogP contribution in [0.15, 0.2) is 47.3 Å². The van der Waals surface area contributed by atoms with E-state index in [9.17, 15) is 34.8 Å². The molecule has 0 saturated carbocycles. The Morgan fingerprint density at radius 2 is 1.76 bits per heavy atom. The quantitative estimate of drug-likeness (QED) is 0.261. The van der Waals surface area contributed by atoms with Crippen LogP contribution in [0.3, 0.4) is 0 Å². The van der Waals surface area contributed by atoms with Crippen LogP contribution in [-0.4, -0.2) is 55.7 Å². The van der Waals surface area contributed by atoms with Crippen LogP contribution in [0.5, 0.6) is 17.2 Å². The van der Waals surface area contributed by atoms with E-state index >= 15 is 0 Å². The van der Waals surface area contributed by atoms with Crippen molar-refractivity contribution in [2.45, 2.75) is 31.3 Å². The zero-order valence-corrected chi connectivity index (χ0v) is 17.9. The Balaban J connectivity index is 1.42. The van der Waals surface area contributed by atoms with Gasteiger partial charge in [0.2, 0.25) is 5.56 Å². The van der Waals surface area contributed by atoms with Crippen LogP contribution in [0, 0.1) is 0 Å². The summed E-state index contributed by atoms with van der Waals surface area (Å²) in [4.78, 5) is 36.9. The second-order valence-electron chi connectivity index (χ2n) is 8.03. The SMILES string of the molecule is C[C@H](Cc1ccc2c(c1)OC(C(=O)O)(C(=O)O)O2)NC[C@H](O)c1ccc(O)c2[nH]c(=O)ccc12. The number of aromatic nitrogens is 1. The molecule has 0 unspecified atom stereocenters. The Labute approximate surface area is 192 Å². The number of aromatic amines is 1. The summed E-state index contributed by atoms with van der Waals surface area (Å²) in [5, 5.41) is 42.9. The smallest absolute Gasteiger partial charge is 0.453 e.